The van der Waals surface area contributed by atoms with Crippen LogP contribution in [0.3, 0.4) is 0 Å². The first kappa shape index (κ1) is 20.7. The molecule has 1 aromatic carbocycles. The zero-order chi connectivity index (χ0) is 19.5. The summed E-state index contributed by atoms with van der Waals surface area (Å²) >= 11 is 0. The van der Waals surface area contributed by atoms with Gasteiger partial charge in [-0.15, -0.1) is 0 Å². The summed E-state index contributed by atoms with van der Waals surface area (Å²) in [6, 6.07) is 4.68. The molecule has 1 N–H and O–H groups in total. The van der Waals surface area contributed by atoms with Crippen LogP contribution < -0.4 is 10.1 Å². The Morgan fingerprint density at radius 3 is 2.31 bits per heavy atom. The fourth-order valence-corrected chi connectivity index (χ4v) is 4.23. The monoisotopic (exact) mass is 382 g/mol. The Morgan fingerprint density at radius 1 is 1.15 bits per heavy atom. The highest BCUT2D eigenvalue weighted by Crippen LogP contribution is 2.32. The van der Waals surface area contributed by atoms with Crippen molar-refractivity contribution in [2.24, 2.45) is 5.41 Å². The molecule has 1 heterocycles. The summed E-state index contributed by atoms with van der Waals surface area (Å²) in [6.07, 6.45) is 2.72. The van der Waals surface area contributed by atoms with Gasteiger partial charge in [-0.2, -0.15) is 4.31 Å². The van der Waals surface area contributed by atoms with Crippen LogP contribution >= 0.6 is 0 Å². The number of nitrogens with one attached hydrogen (secondary N) is 1. The minimum Gasteiger partial charge on any atom is -0.489 e. The van der Waals surface area contributed by atoms with Gasteiger partial charge < -0.3 is 10.1 Å². The molecule has 1 aromatic rings. The van der Waals surface area contributed by atoms with E-state index in [1.807, 2.05) is 13.8 Å². The number of piperidine rings is 1. The van der Waals surface area contributed by atoms with Crippen LogP contribution in [0.5, 0.6) is 5.75 Å². The number of carbonyl (C=O) groups excluding carboxylic acids is 1. The second-order valence-electron chi connectivity index (χ2n) is 7.99. The van der Waals surface area contributed by atoms with Crippen molar-refractivity contribution in [3.8, 4) is 5.75 Å². The smallest absolute Gasteiger partial charge is 0.243 e. The van der Waals surface area contributed by atoms with Gasteiger partial charge in [-0.1, -0.05) is 27.2 Å². The van der Waals surface area contributed by atoms with Crippen molar-refractivity contribution in [2.45, 2.75) is 64.9 Å². The molecular formula is C19H30N2O4S. The van der Waals surface area contributed by atoms with E-state index in [1.54, 1.807) is 32.9 Å². The maximum Gasteiger partial charge on any atom is 0.243 e. The van der Waals surface area contributed by atoms with E-state index in [9.17, 15) is 13.2 Å². The predicted molar refractivity (Wildman–Crippen MR) is 103 cm³/mol. The minimum absolute atomic E-state index is 0.0927. The Hall–Kier alpha value is -1.60. The molecule has 1 saturated heterocycles. The molecule has 0 atom stereocenters. The highest BCUT2D eigenvalue weighted by Gasteiger charge is 2.28. The van der Waals surface area contributed by atoms with Gasteiger partial charge in [-0.25, -0.2) is 8.42 Å². The average molecular weight is 383 g/mol. The summed E-state index contributed by atoms with van der Waals surface area (Å²) < 4.78 is 33.1. The highest BCUT2D eigenvalue weighted by atomic mass is 32.2. The number of carbonyl (C=O) groups is 1. The van der Waals surface area contributed by atoms with Crippen molar-refractivity contribution in [1.82, 2.24) is 4.31 Å². The van der Waals surface area contributed by atoms with Gasteiger partial charge in [0.25, 0.3) is 0 Å². The second kappa shape index (κ2) is 7.96. The van der Waals surface area contributed by atoms with Gasteiger partial charge >= 0.3 is 0 Å². The van der Waals surface area contributed by atoms with E-state index in [0.717, 1.165) is 19.3 Å². The Bertz CT molecular complexity index is 745. The maximum absolute atomic E-state index is 12.9. The van der Waals surface area contributed by atoms with E-state index in [2.05, 4.69) is 5.32 Å². The first-order chi connectivity index (χ1) is 12.0. The fourth-order valence-electron chi connectivity index (χ4n) is 2.69. The van der Waals surface area contributed by atoms with Crippen LogP contribution in [0.15, 0.2) is 23.1 Å². The molecular weight excluding hydrogens is 352 g/mol. The van der Waals surface area contributed by atoms with Crippen LogP contribution in [0.4, 0.5) is 5.69 Å². The molecule has 7 heteroatoms. The number of benzene rings is 1. The van der Waals surface area contributed by atoms with Gasteiger partial charge in [0.2, 0.25) is 15.9 Å². The molecule has 0 unspecified atom stereocenters. The van der Waals surface area contributed by atoms with Crippen molar-refractivity contribution < 1.29 is 17.9 Å². The molecule has 146 valence electrons. The van der Waals surface area contributed by atoms with E-state index in [1.165, 1.54) is 10.4 Å². The molecule has 0 aliphatic carbocycles. The lowest BCUT2D eigenvalue weighted by molar-refractivity contribution is -0.123. The number of hydrogen-bond acceptors (Lipinski definition) is 4. The molecule has 0 radical (unpaired) electrons. The van der Waals surface area contributed by atoms with Crippen LogP contribution in [-0.2, 0) is 14.8 Å². The Labute approximate surface area is 157 Å². The average Bonchev–Trinajstić information content (AvgIpc) is 2.55. The third-order valence-electron chi connectivity index (χ3n) is 4.20. The van der Waals surface area contributed by atoms with Crippen LogP contribution in [0, 0.1) is 5.41 Å². The minimum atomic E-state index is -3.57. The molecule has 0 spiro atoms. The largest absolute Gasteiger partial charge is 0.489 e. The van der Waals surface area contributed by atoms with E-state index in [4.69, 9.17) is 4.74 Å². The van der Waals surface area contributed by atoms with E-state index in [-0.39, 0.29) is 16.9 Å². The quantitative estimate of drug-likeness (QED) is 0.844. The Balaban J connectivity index is 2.40. The topological polar surface area (TPSA) is 75.7 Å². The van der Waals surface area contributed by atoms with Crippen LogP contribution in [-0.4, -0.2) is 37.8 Å². The number of amides is 1. The summed E-state index contributed by atoms with van der Waals surface area (Å²) in [4.78, 5) is 12.6. The van der Waals surface area contributed by atoms with Gasteiger partial charge in [-0.05, 0) is 44.9 Å². The molecule has 2 rings (SSSR count). The fraction of sp³-hybridized carbons (Fsp3) is 0.632. The van der Waals surface area contributed by atoms with Crippen molar-refractivity contribution in [1.29, 1.82) is 0 Å². The Morgan fingerprint density at radius 2 is 1.77 bits per heavy atom. The van der Waals surface area contributed by atoms with E-state index >= 15 is 0 Å². The molecule has 1 amide bonds. The zero-order valence-electron chi connectivity index (χ0n) is 16.3. The number of nitrogens with zero attached hydrogens (tertiary/aromatic N) is 1. The van der Waals surface area contributed by atoms with Crippen molar-refractivity contribution >= 4 is 21.6 Å². The summed E-state index contributed by atoms with van der Waals surface area (Å²) in [5.41, 5.74) is -0.215. The maximum atomic E-state index is 12.9. The van der Waals surface area contributed by atoms with Crippen molar-refractivity contribution in [3.63, 3.8) is 0 Å². The summed E-state index contributed by atoms with van der Waals surface area (Å²) in [5, 5.41) is 2.82. The molecule has 0 bridgehead atoms. The van der Waals surface area contributed by atoms with E-state index in [0.29, 0.717) is 24.5 Å². The SMILES string of the molecule is CC(C)Oc1ccc(S(=O)(=O)N2CCCCC2)cc1NC(=O)C(C)(C)C. The molecule has 0 saturated carbocycles. The zero-order valence-corrected chi connectivity index (χ0v) is 17.1. The lowest BCUT2D eigenvalue weighted by atomic mass is 9.95. The van der Waals surface area contributed by atoms with Crippen molar-refractivity contribution in [3.05, 3.63) is 18.2 Å². The molecule has 0 aromatic heterocycles. The summed E-state index contributed by atoms with van der Waals surface area (Å²) in [5.74, 6) is 0.272. The molecule has 26 heavy (non-hydrogen) atoms. The van der Waals surface area contributed by atoms with Gasteiger partial charge in [0.1, 0.15) is 5.75 Å². The van der Waals surface area contributed by atoms with E-state index < -0.39 is 15.4 Å². The summed E-state index contributed by atoms with van der Waals surface area (Å²) in [6.45, 7) is 10.3. The molecule has 1 aliphatic rings. The normalized spacial score (nSPS) is 16.5. The van der Waals surface area contributed by atoms with Gasteiger partial charge in [-0.3, -0.25) is 4.79 Å². The lowest BCUT2D eigenvalue weighted by Gasteiger charge is -2.26. The first-order valence-corrected chi connectivity index (χ1v) is 10.6. The standard InChI is InChI=1S/C19H30N2O4S/c1-14(2)25-17-10-9-15(13-16(17)20-18(22)19(3,4)5)26(23,24)21-11-7-6-8-12-21/h9-10,13-14H,6-8,11-12H2,1-5H3,(H,20,22). The number of ether oxygens (including phenoxy) is 1. The summed E-state index contributed by atoms with van der Waals surface area (Å²) in [7, 11) is -3.57. The van der Waals surface area contributed by atoms with Crippen molar-refractivity contribution in [2.75, 3.05) is 18.4 Å². The molecule has 1 aliphatic heterocycles. The number of sulfonamides is 1. The molecule has 1 fully saturated rings. The van der Waals surface area contributed by atoms with Gasteiger partial charge in [0.15, 0.2) is 0 Å². The highest BCUT2D eigenvalue weighted by molar-refractivity contribution is 7.89. The number of rotatable bonds is 5. The van der Waals surface area contributed by atoms with Crippen LogP contribution in [0.2, 0.25) is 0 Å². The molecule has 6 nitrogen and oxygen atoms in total. The van der Waals surface area contributed by atoms with Crippen LogP contribution in [0.25, 0.3) is 0 Å². The number of hydrogen-bond donors (Lipinski definition) is 1. The van der Waals surface area contributed by atoms with Gasteiger partial charge in [0, 0.05) is 18.5 Å². The van der Waals surface area contributed by atoms with Gasteiger partial charge in [0.05, 0.1) is 16.7 Å². The third-order valence-corrected chi connectivity index (χ3v) is 6.09. The Kier molecular flexibility index (Phi) is 6.34. The number of anilines is 1. The first-order valence-electron chi connectivity index (χ1n) is 9.14. The lowest BCUT2D eigenvalue weighted by Crippen LogP contribution is -2.35. The third kappa shape index (κ3) is 4.98. The predicted octanol–water partition coefficient (Wildman–Crippen LogP) is 3.63. The van der Waals surface area contributed by atoms with Crippen LogP contribution in [0.1, 0.15) is 53.9 Å². The second-order valence-corrected chi connectivity index (χ2v) is 9.93.